The summed E-state index contributed by atoms with van der Waals surface area (Å²) in [5.74, 6) is 1.27. The molecular formula is C12H18N4O2. The van der Waals surface area contributed by atoms with Gasteiger partial charge in [0, 0.05) is 25.5 Å². The van der Waals surface area contributed by atoms with E-state index in [4.69, 9.17) is 0 Å². The number of rotatable bonds is 3. The van der Waals surface area contributed by atoms with Gasteiger partial charge in [0.05, 0.1) is 0 Å². The molecule has 2 heterocycles. The molecule has 0 aromatic carbocycles. The van der Waals surface area contributed by atoms with E-state index in [1.54, 1.807) is 11.7 Å². The first-order valence-corrected chi connectivity index (χ1v) is 6.19. The van der Waals surface area contributed by atoms with Crippen LogP contribution in [0.2, 0.25) is 0 Å². The summed E-state index contributed by atoms with van der Waals surface area (Å²) in [6, 6.07) is 0. The fraction of sp³-hybridized carbons (Fsp3) is 0.583. The van der Waals surface area contributed by atoms with Gasteiger partial charge in [0.15, 0.2) is 5.82 Å². The van der Waals surface area contributed by atoms with Crippen molar-refractivity contribution in [3.05, 3.63) is 5.56 Å². The first-order chi connectivity index (χ1) is 8.52. The maximum atomic E-state index is 11.6. The van der Waals surface area contributed by atoms with Crippen molar-refractivity contribution in [3.63, 3.8) is 0 Å². The highest BCUT2D eigenvalue weighted by Crippen LogP contribution is 2.36. The van der Waals surface area contributed by atoms with Crippen molar-refractivity contribution >= 4 is 23.5 Å². The number of carbonyl (C=O) groups is 2. The molecule has 1 aromatic rings. The van der Waals surface area contributed by atoms with Crippen LogP contribution in [0.4, 0.5) is 11.6 Å². The second-order valence-corrected chi connectivity index (χ2v) is 4.69. The van der Waals surface area contributed by atoms with Gasteiger partial charge in [-0.2, -0.15) is 5.10 Å². The van der Waals surface area contributed by atoms with Crippen LogP contribution in [0.1, 0.15) is 44.6 Å². The predicted molar refractivity (Wildman–Crippen MR) is 68.4 cm³/mol. The van der Waals surface area contributed by atoms with Crippen LogP contribution in [0.5, 0.6) is 0 Å². The van der Waals surface area contributed by atoms with Crippen LogP contribution in [0.25, 0.3) is 0 Å². The monoisotopic (exact) mass is 250 g/mol. The Morgan fingerprint density at radius 3 is 3.00 bits per heavy atom. The van der Waals surface area contributed by atoms with E-state index in [9.17, 15) is 9.59 Å². The number of hydrogen-bond acceptors (Lipinski definition) is 3. The van der Waals surface area contributed by atoms with Gasteiger partial charge in [0.1, 0.15) is 5.82 Å². The Labute approximate surface area is 106 Å². The number of nitrogens with zero attached hydrogens (tertiary/aromatic N) is 2. The normalized spacial score (nSPS) is 18.2. The predicted octanol–water partition coefficient (Wildman–Crippen LogP) is 1.60. The van der Waals surface area contributed by atoms with Gasteiger partial charge >= 0.3 is 0 Å². The maximum Gasteiger partial charge on any atom is 0.226 e. The summed E-state index contributed by atoms with van der Waals surface area (Å²) in [6.45, 7) is 3.92. The van der Waals surface area contributed by atoms with Crippen LogP contribution in [0, 0.1) is 0 Å². The minimum Gasteiger partial charge on any atom is -0.311 e. The molecule has 1 aliphatic heterocycles. The first kappa shape index (κ1) is 12.6. The average Bonchev–Trinajstić information content (AvgIpc) is 2.55. The Morgan fingerprint density at radius 1 is 1.61 bits per heavy atom. The molecular weight excluding hydrogens is 232 g/mol. The quantitative estimate of drug-likeness (QED) is 0.855. The SMILES string of the molecule is CCCC(=O)Nc1nn(C)c2c1[C@@H](C)CC(=O)N2. The molecule has 0 bridgehead atoms. The summed E-state index contributed by atoms with van der Waals surface area (Å²) < 4.78 is 1.60. The summed E-state index contributed by atoms with van der Waals surface area (Å²) in [7, 11) is 1.76. The van der Waals surface area contributed by atoms with E-state index in [1.807, 2.05) is 13.8 Å². The molecule has 98 valence electrons. The van der Waals surface area contributed by atoms with Crippen molar-refractivity contribution in [2.75, 3.05) is 10.6 Å². The molecule has 1 atom stereocenters. The molecule has 0 unspecified atom stereocenters. The second-order valence-electron chi connectivity index (χ2n) is 4.69. The van der Waals surface area contributed by atoms with E-state index < -0.39 is 0 Å². The summed E-state index contributed by atoms with van der Waals surface area (Å²) >= 11 is 0. The van der Waals surface area contributed by atoms with Crippen molar-refractivity contribution in [1.29, 1.82) is 0 Å². The number of aryl methyl sites for hydroxylation is 1. The molecule has 1 aliphatic rings. The largest absolute Gasteiger partial charge is 0.311 e. The zero-order chi connectivity index (χ0) is 13.3. The maximum absolute atomic E-state index is 11.6. The van der Waals surface area contributed by atoms with Gasteiger partial charge in [-0.15, -0.1) is 0 Å². The van der Waals surface area contributed by atoms with Crippen molar-refractivity contribution in [1.82, 2.24) is 9.78 Å². The lowest BCUT2D eigenvalue weighted by Crippen LogP contribution is -2.23. The third-order valence-corrected chi connectivity index (χ3v) is 3.06. The number of nitrogens with one attached hydrogen (secondary N) is 2. The molecule has 0 saturated carbocycles. The summed E-state index contributed by atoms with van der Waals surface area (Å²) in [5.41, 5.74) is 0.918. The van der Waals surface area contributed by atoms with E-state index in [1.165, 1.54) is 0 Å². The van der Waals surface area contributed by atoms with E-state index in [0.29, 0.717) is 24.5 Å². The van der Waals surface area contributed by atoms with Gasteiger partial charge in [-0.25, -0.2) is 0 Å². The van der Waals surface area contributed by atoms with Gasteiger partial charge in [0.2, 0.25) is 11.8 Å². The summed E-state index contributed by atoms with van der Waals surface area (Å²) in [4.78, 5) is 23.1. The Kier molecular flexibility index (Phi) is 3.36. The second kappa shape index (κ2) is 4.80. The molecule has 2 N–H and O–H groups in total. The van der Waals surface area contributed by atoms with Gasteiger partial charge in [0.25, 0.3) is 0 Å². The topological polar surface area (TPSA) is 76.0 Å². The van der Waals surface area contributed by atoms with Crippen LogP contribution in [0.3, 0.4) is 0 Å². The van der Waals surface area contributed by atoms with Crippen LogP contribution in [-0.2, 0) is 16.6 Å². The van der Waals surface area contributed by atoms with Crippen LogP contribution in [0.15, 0.2) is 0 Å². The molecule has 6 nitrogen and oxygen atoms in total. The summed E-state index contributed by atoms with van der Waals surface area (Å²) in [6.07, 6.45) is 1.70. The van der Waals surface area contributed by atoms with Gasteiger partial charge in [-0.3, -0.25) is 14.3 Å². The molecule has 6 heteroatoms. The number of fused-ring (bicyclic) bond motifs is 1. The van der Waals surface area contributed by atoms with Crippen LogP contribution in [-0.4, -0.2) is 21.6 Å². The average molecular weight is 250 g/mol. The fourth-order valence-electron chi connectivity index (χ4n) is 2.23. The van der Waals surface area contributed by atoms with Crippen molar-refractivity contribution in [3.8, 4) is 0 Å². The van der Waals surface area contributed by atoms with Gasteiger partial charge in [-0.1, -0.05) is 13.8 Å². The molecule has 2 amide bonds. The number of carbonyl (C=O) groups excluding carboxylic acids is 2. The minimum absolute atomic E-state index is 0.00978. The smallest absolute Gasteiger partial charge is 0.226 e. The number of amides is 2. The Morgan fingerprint density at radius 2 is 2.33 bits per heavy atom. The van der Waals surface area contributed by atoms with Crippen LogP contribution >= 0.6 is 0 Å². The number of anilines is 2. The van der Waals surface area contributed by atoms with E-state index in [0.717, 1.165) is 12.0 Å². The Balaban J connectivity index is 2.30. The lowest BCUT2D eigenvalue weighted by Gasteiger charge is -2.20. The van der Waals surface area contributed by atoms with Crippen molar-refractivity contribution in [2.24, 2.45) is 7.05 Å². The van der Waals surface area contributed by atoms with E-state index in [2.05, 4.69) is 15.7 Å². The lowest BCUT2D eigenvalue weighted by atomic mass is 9.95. The first-order valence-electron chi connectivity index (χ1n) is 6.19. The third-order valence-electron chi connectivity index (χ3n) is 3.06. The molecule has 2 rings (SSSR count). The van der Waals surface area contributed by atoms with E-state index >= 15 is 0 Å². The van der Waals surface area contributed by atoms with Gasteiger partial charge < -0.3 is 10.6 Å². The molecule has 1 aromatic heterocycles. The molecule has 18 heavy (non-hydrogen) atoms. The van der Waals surface area contributed by atoms with E-state index in [-0.39, 0.29) is 17.7 Å². The van der Waals surface area contributed by atoms with Gasteiger partial charge in [-0.05, 0) is 12.3 Å². The van der Waals surface area contributed by atoms with Crippen LogP contribution < -0.4 is 10.6 Å². The highest BCUT2D eigenvalue weighted by molar-refractivity contribution is 5.97. The Bertz CT molecular complexity index is 493. The highest BCUT2D eigenvalue weighted by Gasteiger charge is 2.29. The zero-order valence-electron chi connectivity index (χ0n) is 10.9. The lowest BCUT2D eigenvalue weighted by molar-refractivity contribution is -0.117. The number of hydrogen-bond donors (Lipinski definition) is 2. The fourth-order valence-corrected chi connectivity index (χ4v) is 2.23. The molecule has 0 saturated heterocycles. The molecule has 0 spiro atoms. The van der Waals surface area contributed by atoms with Crippen molar-refractivity contribution < 1.29 is 9.59 Å². The molecule has 0 aliphatic carbocycles. The Hall–Kier alpha value is -1.85. The van der Waals surface area contributed by atoms with Crippen molar-refractivity contribution in [2.45, 2.75) is 39.0 Å². The zero-order valence-corrected chi connectivity index (χ0v) is 10.9. The third kappa shape index (κ3) is 2.23. The minimum atomic E-state index is -0.0394. The summed E-state index contributed by atoms with van der Waals surface area (Å²) in [5, 5.41) is 9.88. The standard InChI is InChI=1S/C12H18N4O2/c1-4-5-8(17)13-11-10-7(2)6-9(18)14-12(10)16(3)15-11/h7H,4-6H2,1-3H3,(H,14,18)(H,13,15,17)/t7-/m0/s1. The highest BCUT2D eigenvalue weighted by atomic mass is 16.2. The molecule has 0 radical (unpaired) electrons. The molecule has 0 fully saturated rings. The number of aromatic nitrogens is 2.